The Morgan fingerprint density at radius 2 is 2.07 bits per heavy atom. The van der Waals surface area contributed by atoms with Crippen molar-refractivity contribution < 1.29 is 0 Å². The van der Waals surface area contributed by atoms with Gasteiger partial charge in [-0.1, -0.05) is 26.2 Å². The maximum absolute atomic E-state index is 3.66. The quantitative estimate of drug-likeness (QED) is 0.677. The van der Waals surface area contributed by atoms with Gasteiger partial charge in [-0.05, 0) is 32.4 Å². The van der Waals surface area contributed by atoms with Crippen molar-refractivity contribution in [2.75, 3.05) is 26.2 Å². The highest BCUT2D eigenvalue weighted by atomic mass is 15.3. The average molecular weight is 196 g/mol. The summed E-state index contributed by atoms with van der Waals surface area (Å²) in [5.41, 5.74) is 0.560. The van der Waals surface area contributed by atoms with Crippen LogP contribution in [0.1, 0.15) is 45.4 Å². The second-order valence-electron chi connectivity index (χ2n) is 5.08. The van der Waals surface area contributed by atoms with Gasteiger partial charge in [0, 0.05) is 18.6 Å². The Kier molecular flexibility index (Phi) is 3.45. The number of nitrogens with one attached hydrogen (secondary N) is 1. The molecule has 0 radical (unpaired) electrons. The van der Waals surface area contributed by atoms with E-state index < -0.39 is 0 Å². The molecule has 2 aliphatic heterocycles. The molecular formula is C12H24N2. The van der Waals surface area contributed by atoms with Crippen LogP contribution in [0.15, 0.2) is 0 Å². The highest BCUT2D eigenvalue weighted by molar-refractivity contribution is 5.05. The van der Waals surface area contributed by atoms with Crippen molar-refractivity contribution >= 4 is 0 Å². The Hall–Kier alpha value is -0.0800. The summed E-state index contributed by atoms with van der Waals surface area (Å²) in [5, 5.41) is 3.66. The third-order valence-corrected chi connectivity index (χ3v) is 3.71. The van der Waals surface area contributed by atoms with Crippen LogP contribution in [-0.2, 0) is 0 Å². The van der Waals surface area contributed by atoms with E-state index in [0.717, 1.165) is 0 Å². The van der Waals surface area contributed by atoms with Crippen LogP contribution in [0, 0.1) is 0 Å². The van der Waals surface area contributed by atoms with Crippen molar-refractivity contribution in [3.05, 3.63) is 0 Å². The average Bonchev–Trinajstić information content (AvgIpc) is 2.59. The standard InChI is InChI=1S/C12H24N2/c1-2-3-4-5-9-14-10-12(11-14)7-6-8-13-12/h13H,2-11H2,1H3. The van der Waals surface area contributed by atoms with Crippen molar-refractivity contribution in [1.82, 2.24) is 10.2 Å². The Labute approximate surface area is 88.1 Å². The molecule has 0 bridgehead atoms. The van der Waals surface area contributed by atoms with Gasteiger partial charge in [0.1, 0.15) is 0 Å². The van der Waals surface area contributed by atoms with E-state index in [0.29, 0.717) is 5.54 Å². The van der Waals surface area contributed by atoms with Gasteiger partial charge in [-0.3, -0.25) is 4.90 Å². The molecule has 2 heterocycles. The van der Waals surface area contributed by atoms with E-state index in [1.807, 2.05) is 0 Å². The summed E-state index contributed by atoms with van der Waals surface area (Å²) in [6.07, 6.45) is 8.40. The van der Waals surface area contributed by atoms with Gasteiger partial charge in [0.25, 0.3) is 0 Å². The number of hydrogen-bond acceptors (Lipinski definition) is 2. The molecule has 0 aromatic carbocycles. The topological polar surface area (TPSA) is 15.3 Å². The third-order valence-electron chi connectivity index (χ3n) is 3.71. The minimum atomic E-state index is 0.560. The van der Waals surface area contributed by atoms with Crippen LogP contribution in [0.25, 0.3) is 0 Å². The molecule has 2 saturated heterocycles. The molecule has 1 N–H and O–H groups in total. The minimum Gasteiger partial charge on any atom is -0.309 e. The zero-order chi connectivity index (χ0) is 9.86. The summed E-state index contributed by atoms with van der Waals surface area (Å²) in [5.74, 6) is 0. The van der Waals surface area contributed by atoms with Crippen molar-refractivity contribution in [2.24, 2.45) is 0 Å². The van der Waals surface area contributed by atoms with E-state index in [1.54, 1.807) is 0 Å². The second kappa shape index (κ2) is 4.63. The lowest BCUT2D eigenvalue weighted by molar-refractivity contribution is 0.0542. The molecule has 2 nitrogen and oxygen atoms in total. The molecule has 2 heteroatoms. The maximum atomic E-state index is 3.66. The van der Waals surface area contributed by atoms with Crippen molar-refractivity contribution in [1.29, 1.82) is 0 Å². The summed E-state index contributed by atoms with van der Waals surface area (Å²) in [7, 11) is 0. The second-order valence-corrected chi connectivity index (χ2v) is 5.08. The predicted octanol–water partition coefficient (Wildman–Crippen LogP) is 2.00. The lowest BCUT2D eigenvalue weighted by atomic mass is 9.88. The summed E-state index contributed by atoms with van der Waals surface area (Å²) in [4.78, 5) is 2.62. The van der Waals surface area contributed by atoms with Gasteiger partial charge < -0.3 is 5.32 Å². The van der Waals surface area contributed by atoms with Gasteiger partial charge in [0.15, 0.2) is 0 Å². The molecule has 2 aliphatic rings. The van der Waals surface area contributed by atoms with E-state index >= 15 is 0 Å². The Morgan fingerprint density at radius 3 is 2.71 bits per heavy atom. The van der Waals surface area contributed by atoms with E-state index in [4.69, 9.17) is 0 Å². The third kappa shape index (κ3) is 2.29. The normalized spacial score (nSPS) is 25.5. The van der Waals surface area contributed by atoms with Gasteiger partial charge in [0.05, 0.1) is 0 Å². The molecule has 0 atom stereocenters. The van der Waals surface area contributed by atoms with Crippen LogP contribution in [0.3, 0.4) is 0 Å². The van der Waals surface area contributed by atoms with E-state index in [2.05, 4.69) is 17.1 Å². The number of rotatable bonds is 5. The first kappa shape index (κ1) is 10.4. The fourth-order valence-electron chi connectivity index (χ4n) is 2.87. The van der Waals surface area contributed by atoms with Gasteiger partial charge in [-0.25, -0.2) is 0 Å². The monoisotopic (exact) mass is 196 g/mol. The zero-order valence-electron chi connectivity index (χ0n) is 9.52. The first-order valence-electron chi connectivity index (χ1n) is 6.32. The summed E-state index contributed by atoms with van der Waals surface area (Å²) in [6.45, 7) is 7.51. The fraction of sp³-hybridized carbons (Fsp3) is 1.00. The van der Waals surface area contributed by atoms with Crippen molar-refractivity contribution in [3.8, 4) is 0 Å². The first-order chi connectivity index (χ1) is 6.85. The SMILES string of the molecule is CCCCCCN1CC2(CCCN2)C1. The molecule has 0 unspecified atom stereocenters. The summed E-state index contributed by atoms with van der Waals surface area (Å²) >= 11 is 0. The van der Waals surface area contributed by atoms with Crippen LogP contribution in [0.2, 0.25) is 0 Å². The van der Waals surface area contributed by atoms with Crippen LogP contribution in [0.4, 0.5) is 0 Å². The van der Waals surface area contributed by atoms with Gasteiger partial charge in [-0.2, -0.15) is 0 Å². The van der Waals surface area contributed by atoms with E-state index in [9.17, 15) is 0 Å². The molecule has 0 aliphatic carbocycles. The number of likely N-dealkylation sites (tertiary alicyclic amines) is 1. The Bertz CT molecular complexity index is 165. The minimum absolute atomic E-state index is 0.560. The molecule has 14 heavy (non-hydrogen) atoms. The van der Waals surface area contributed by atoms with Crippen LogP contribution < -0.4 is 5.32 Å². The maximum Gasteiger partial charge on any atom is 0.0437 e. The lowest BCUT2D eigenvalue weighted by Crippen LogP contribution is -2.66. The smallest absolute Gasteiger partial charge is 0.0437 e. The van der Waals surface area contributed by atoms with Crippen LogP contribution in [0.5, 0.6) is 0 Å². The molecule has 0 aromatic rings. The molecule has 2 fully saturated rings. The van der Waals surface area contributed by atoms with Crippen LogP contribution >= 0.6 is 0 Å². The molecule has 1 spiro atoms. The van der Waals surface area contributed by atoms with Gasteiger partial charge >= 0.3 is 0 Å². The van der Waals surface area contributed by atoms with E-state index in [1.165, 1.54) is 64.7 Å². The van der Waals surface area contributed by atoms with Crippen molar-refractivity contribution in [3.63, 3.8) is 0 Å². The first-order valence-corrected chi connectivity index (χ1v) is 6.32. The lowest BCUT2D eigenvalue weighted by Gasteiger charge is -2.48. The molecule has 0 amide bonds. The highest BCUT2D eigenvalue weighted by Crippen LogP contribution is 2.29. The molecule has 2 rings (SSSR count). The zero-order valence-corrected chi connectivity index (χ0v) is 9.52. The fourth-order valence-corrected chi connectivity index (χ4v) is 2.87. The largest absolute Gasteiger partial charge is 0.309 e. The number of nitrogens with zero attached hydrogens (tertiary/aromatic N) is 1. The number of unbranched alkanes of at least 4 members (excludes halogenated alkanes) is 3. The Balaban J connectivity index is 1.54. The number of hydrogen-bond donors (Lipinski definition) is 1. The molecule has 82 valence electrons. The molecule has 0 saturated carbocycles. The molecular weight excluding hydrogens is 172 g/mol. The predicted molar refractivity (Wildman–Crippen MR) is 60.5 cm³/mol. The van der Waals surface area contributed by atoms with Gasteiger partial charge in [-0.15, -0.1) is 0 Å². The summed E-state index contributed by atoms with van der Waals surface area (Å²) in [6, 6.07) is 0. The molecule has 0 aromatic heterocycles. The van der Waals surface area contributed by atoms with Crippen LogP contribution in [-0.4, -0.2) is 36.6 Å². The van der Waals surface area contributed by atoms with Crippen molar-refractivity contribution in [2.45, 2.75) is 51.0 Å². The summed E-state index contributed by atoms with van der Waals surface area (Å²) < 4.78 is 0. The highest BCUT2D eigenvalue weighted by Gasteiger charge is 2.43. The Morgan fingerprint density at radius 1 is 1.21 bits per heavy atom. The van der Waals surface area contributed by atoms with E-state index in [-0.39, 0.29) is 0 Å². The van der Waals surface area contributed by atoms with Gasteiger partial charge in [0.2, 0.25) is 0 Å².